The molecule has 1 aromatic carbocycles. The van der Waals surface area contributed by atoms with E-state index in [9.17, 15) is 19.5 Å². The van der Waals surface area contributed by atoms with Crippen molar-refractivity contribution in [1.82, 2.24) is 4.90 Å². The molecule has 1 saturated heterocycles. The smallest absolute Gasteiger partial charge is 0.328 e. The number of carbonyl (C=O) groups excluding carboxylic acids is 1. The summed E-state index contributed by atoms with van der Waals surface area (Å²) in [7, 11) is 3.70. The van der Waals surface area contributed by atoms with Gasteiger partial charge in [-0.25, -0.2) is 9.59 Å². The van der Waals surface area contributed by atoms with Crippen molar-refractivity contribution in [2.75, 3.05) is 27.2 Å². The fraction of sp³-hybridized carbons (Fsp3) is 0.450. The van der Waals surface area contributed by atoms with Crippen LogP contribution in [0, 0.1) is 5.92 Å². The van der Waals surface area contributed by atoms with Crippen molar-refractivity contribution in [2.24, 2.45) is 5.92 Å². The maximum absolute atomic E-state index is 12.4. The summed E-state index contributed by atoms with van der Waals surface area (Å²) in [5.74, 6) is -0.896. The van der Waals surface area contributed by atoms with Gasteiger partial charge in [-0.1, -0.05) is 6.92 Å². The quantitative estimate of drug-likeness (QED) is 0.665. The van der Waals surface area contributed by atoms with Crippen molar-refractivity contribution in [3.63, 3.8) is 0 Å². The fourth-order valence-electron chi connectivity index (χ4n) is 3.94. The van der Waals surface area contributed by atoms with E-state index in [1.807, 2.05) is 13.0 Å². The molecule has 1 aliphatic carbocycles. The summed E-state index contributed by atoms with van der Waals surface area (Å²) in [6.07, 6.45) is 2.32. The highest BCUT2D eigenvalue weighted by Crippen LogP contribution is 2.47. The predicted molar refractivity (Wildman–Crippen MR) is 101 cm³/mol. The van der Waals surface area contributed by atoms with Gasteiger partial charge in [0, 0.05) is 43.1 Å². The average molecular weight is 391 g/mol. The van der Waals surface area contributed by atoms with Crippen LogP contribution in [-0.4, -0.2) is 65.2 Å². The van der Waals surface area contributed by atoms with Gasteiger partial charge in [0.25, 0.3) is 0 Å². The summed E-state index contributed by atoms with van der Waals surface area (Å²) in [6.45, 7) is 3.86. The van der Waals surface area contributed by atoms with Crippen molar-refractivity contribution < 1.29 is 34.4 Å². The number of aromatic hydroxyl groups is 1. The number of Topliss-reactive ketones (excluding diaryl/α,β-unsaturated/α-hetero) is 1. The molecule has 152 valence electrons. The van der Waals surface area contributed by atoms with E-state index < -0.39 is 11.9 Å². The first-order valence-corrected chi connectivity index (χ1v) is 8.97. The van der Waals surface area contributed by atoms with E-state index in [4.69, 9.17) is 14.9 Å². The van der Waals surface area contributed by atoms with Crippen molar-refractivity contribution >= 4 is 17.7 Å². The van der Waals surface area contributed by atoms with Crippen LogP contribution in [0.2, 0.25) is 0 Å². The molecule has 0 aromatic heterocycles. The molecule has 1 aromatic rings. The topological polar surface area (TPSA) is 124 Å². The molecule has 0 amide bonds. The fourth-order valence-corrected chi connectivity index (χ4v) is 3.94. The normalized spacial score (nSPS) is 20.9. The van der Waals surface area contributed by atoms with E-state index in [-0.39, 0.29) is 11.5 Å². The van der Waals surface area contributed by atoms with Crippen LogP contribution in [0.15, 0.2) is 18.2 Å². The first-order chi connectivity index (χ1) is 13.2. The molecule has 28 heavy (non-hydrogen) atoms. The number of hydrogen-bond donors (Lipinski definition) is 3. The van der Waals surface area contributed by atoms with Gasteiger partial charge in [0.2, 0.25) is 0 Å². The minimum atomic E-state index is -1.26. The molecule has 1 heterocycles. The van der Waals surface area contributed by atoms with Gasteiger partial charge in [0.1, 0.15) is 11.5 Å². The Balaban J connectivity index is 0.000000300. The van der Waals surface area contributed by atoms with Crippen LogP contribution in [0.1, 0.15) is 40.7 Å². The van der Waals surface area contributed by atoms with Crippen LogP contribution in [0.25, 0.3) is 0 Å². The van der Waals surface area contributed by atoms with E-state index >= 15 is 0 Å². The summed E-state index contributed by atoms with van der Waals surface area (Å²) in [6, 6.07) is 1.97. The third-order valence-corrected chi connectivity index (χ3v) is 5.09. The highest BCUT2D eigenvalue weighted by atomic mass is 16.5. The Morgan fingerprint density at radius 3 is 2.36 bits per heavy atom. The van der Waals surface area contributed by atoms with Crippen LogP contribution in [0.5, 0.6) is 11.5 Å². The van der Waals surface area contributed by atoms with Gasteiger partial charge < -0.3 is 25.0 Å². The Hall–Kier alpha value is -2.87. The summed E-state index contributed by atoms with van der Waals surface area (Å²) in [5.41, 5.74) is 2.26. The zero-order valence-corrected chi connectivity index (χ0v) is 16.1. The number of benzene rings is 1. The number of carboxylic acids is 2. The maximum atomic E-state index is 12.4. The van der Waals surface area contributed by atoms with Gasteiger partial charge in [-0.15, -0.1) is 0 Å². The number of rotatable bonds is 4. The van der Waals surface area contributed by atoms with Gasteiger partial charge >= 0.3 is 11.9 Å². The lowest BCUT2D eigenvalue weighted by molar-refractivity contribution is -0.134. The molecule has 2 atom stereocenters. The SMILES string of the molecule is CCc1c(OC)cc2c(c1O)C(=O)CC1CN(C)CC21.O=C(O)C=CC(=O)O. The number of likely N-dealkylation sites (N-methyl/N-ethyl adjacent to an activating group) is 1. The third-order valence-electron chi connectivity index (χ3n) is 5.09. The van der Waals surface area contributed by atoms with Crippen molar-refractivity contribution in [3.8, 4) is 11.5 Å². The van der Waals surface area contributed by atoms with Crippen LogP contribution in [0.3, 0.4) is 0 Å². The van der Waals surface area contributed by atoms with Crippen molar-refractivity contribution in [1.29, 1.82) is 0 Å². The Morgan fingerprint density at radius 1 is 1.25 bits per heavy atom. The molecule has 0 saturated carbocycles. The van der Waals surface area contributed by atoms with Crippen LogP contribution < -0.4 is 4.74 Å². The number of ether oxygens (including phenoxy) is 1. The van der Waals surface area contributed by atoms with Gasteiger partial charge in [-0.3, -0.25) is 4.79 Å². The van der Waals surface area contributed by atoms with Gasteiger partial charge in [-0.2, -0.15) is 0 Å². The first-order valence-electron chi connectivity index (χ1n) is 8.97. The Morgan fingerprint density at radius 2 is 1.86 bits per heavy atom. The van der Waals surface area contributed by atoms with Crippen LogP contribution >= 0.6 is 0 Å². The van der Waals surface area contributed by atoms with Gasteiger partial charge in [0.05, 0.1) is 12.7 Å². The number of likely N-dealkylation sites (tertiary alicyclic amines) is 1. The third kappa shape index (κ3) is 4.51. The second-order valence-electron chi connectivity index (χ2n) is 6.95. The number of methoxy groups -OCH3 is 1. The zero-order valence-electron chi connectivity index (χ0n) is 16.1. The second kappa shape index (κ2) is 8.88. The van der Waals surface area contributed by atoms with Crippen LogP contribution in [0.4, 0.5) is 0 Å². The summed E-state index contributed by atoms with van der Waals surface area (Å²) < 4.78 is 5.41. The predicted octanol–water partition coefficient (Wildman–Crippen LogP) is 1.91. The maximum Gasteiger partial charge on any atom is 0.328 e. The number of carboxylic acid groups (broad SMARTS) is 2. The Kier molecular flexibility index (Phi) is 6.80. The molecule has 2 aliphatic rings. The Labute approximate surface area is 163 Å². The minimum Gasteiger partial charge on any atom is -0.507 e. The average Bonchev–Trinajstić information content (AvgIpc) is 3.00. The van der Waals surface area contributed by atoms with Crippen molar-refractivity contribution in [2.45, 2.75) is 25.7 Å². The second-order valence-corrected chi connectivity index (χ2v) is 6.95. The number of nitrogens with zero attached hydrogens (tertiary/aromatic N) is 1. The number of aliphatic carboxylic acids is 2. The van der Waals surface area contributed by atoms with Crippen LogP contribution in [-0.2, 0) is 16.0 Å². The molecule has 3 N–H and O–H groups in total. The number of phenolic OH excluding ortho intramolecular Hbond substituents is 1. The molecule has 0 spiro atoms. The van der Waals surface area contributed by atoms with E-state index in [0.717, 1.165) is 24.2 Å². The molecule has 0 bridgehead atoms. The molecular weight excluding hydrogens is 366 g/mol. The summed E-state index contributed by atoms with van der Waals surface area (Å²) in [4.78, 5) is 33.8. The van der Waals surface area contributed by atoms with E-state index in [1.54, 1.807) is 7.11 Å². The summed E-state index contributed by atoms with van der Waals surface area (Å²) >= 11 is 0. The molecule has 1 fully saturated rings. The standard InChI is InChI=1S/C16H21NO3.C4H4O4/c1-4-10-14(20-3)6-11-12-8-17(2)7-9(12)5-13(18)15(11)16(10)19;5-3(6)1-2-4(7)8/h6,9,12,19H,4-5,7-8H2,1-3H3;1-2H,(H,5,6)(H,7,8). The molecule has 1 aliphatic heterocycles. The molecule has 2 unspecified atom stereocenters. The van der Waals surface area contributed by atoms with Gasteiger partial charge in [-0.05, 0) is 31.0 Å². The van der Waals surface area contributed by atoms with E-state index in [0.29, 0.717) is 48.1 Å². The minimum absolute atomic E-state index is 0.0754. The molecule has 8 heteroatoms. The van der Waals surface area contributed by atoms with Crippen molar-refractivity contribution in [3.05, 3.63) is 34.9 Å². The molecule has 8 nitrogen and oxygen atoms in total. The number of phenols is 1. The van der Waals surface area contributed by atoms with Gasteiger partial charge in [0.15, 0.2) is 5.78 Å². The number of carbonyl (C=O) groups is 3. The lowest BCUT2D eigenvalue weighted by Gasteiger charge is -2.28. The lowest BCUT2D eigenvalue weighted by atomic mass is 9.75. The highest BCUT2D eigenvalue weighted by molar-refractivity contribution is 6.02. The van der Waals surface area contributed by atoms with E-state index in [1.165, 1.54) is 0 Å². The first kappa shape index (κ1) is 21.4. The lowest BCUT2D eigenvalue weighted by Crippen LogP contribution is -2.24. The summed E-state index contributed by atoms with van der Waals surface area (Å²) in [5, 5.41) is 26.1. The number of fused-ring (bicyclic) bond motifs is 3. The molecule has 3 rings (SSSR count). The zero-order chi connectivity index (χ0) is 21.0. The number of ketones is 1. The molecular formula is C20H25NO7. The molecule has 0 radical (unpaired) electrons. The monoisotopic (exact) mass is 391 g/mol. The highest BCUT2D eigenvalue weighted by Gasteiger charge is 2.41. The largest absolute Gasteiger partial charge is 0.507 e. The Bertz CT molecular complexity index is 799. The number of hydrogen-bond acceptors (Lipinski definition) is 6. The van der Waals surface area contributed by atoms with E-state index in [2.05, 4.69) is 11.9 Å².